The molecule has 0 radical (unpaired) electrons. The van der Waals surface area contributed by atoms with Crippen molar-refractivity contribution in [3.8, 4) is 5.75 Å². The minimum absolute atomic E-state index is 0.0147. The lowest BCUT2D eigenvalue weighted by atomic mass is 10.1. The van der Waals surface area contributed by atoms with E-state index in [1.54, 1.807) is 0 Å². The summed E-state index contributed by atoms with van der Waals surface area (Å²) < 4.78 is 5.98. The summed E-state index contributed by atoms with van der Waals surface area (Å²) in [5, 5.41) is 1.03. The SMILES string of the molecule is O=C(COc1cccc2ccc(N3CCCCC3)nc12)N1CCc2ccccc21. The van der Waals surface area contributed by atoms with Gasteiger partial charge in [0.1, 0.15) is 17.1 Å². The number of hydrogen-bond acceptors (Lipinski definition) is 4. The van der Waals surface area contributed by atoms with Crippen molar-refractivity contribution >= 4 is 28.3 Å². The Kier molecular flexibility index (Phi) is 4.80. The second-order valence-corrected chi connectivity index (χ2v) is 7.76. The first kappa shape index (κ1) is 18.0. The number of ether oxygens (including phenoxy) is 1. The molecular weight excluding hydrogens is 362 g/mol. The Hall–Kier alpha value is -3.08. The van der Waals surface area contributed by atoms with Crippen molar-refractivity contribution in [1.29, 1.82) is 0 Å². The van der Waals surface area contributed by atoms with Gasteiger partial charge in [0.05, 0.1) is 0 Å². The van der Waals surface area contributed by atoms with Gasteiger partial charge in [-0.3, -0.25) is 4.79 Å². The lowest BCUT2D eigenvalue weighted by molar-refractivity contribution is -0.120. The average molecular weight is 387 g/mol. The molecule has 0 N–H and O–H groups in total. The van der Waals surface area contributed by atoms with Gasteiger partial charge in [-0.1, -0.05) is 30.3 Å². The van der Waals surface area contributed by atoms with E-state index in [1.807, 2.05) is 41.3 Å². The first-order valence-corrected chi connectivity index (χ1v) is 10.5. The van der Waals surface area contributed by atoms with E-state index < -0.39 is 0 Å². The molecule has 5 rings (SSSR count). The van der Waals surface area contributed by atoms with E-state index in [9.17, 15) is 4.79 Å². The van der Waals surface area contributed by atoms with Crippen molar-refractivity contribution < 1.29 is 9.53 Å². The average Bonchev–Trinajstić information content (AvgIpc) is 3.22. The van der Waals surface area contributed by atoms with Crippen LogP contribution < -0.4 is 14.5 Å². The first-order chi connectivity index (χ1) is 14.3. The summed E-state index contributed by atoms with van der Waals surface area (Å²) in [4.78, 5) is 21.9. The van der Waals surface area contributed by atoms with Gasteiger partial charge < -0.3 is 14.5 Å². The maximum Gasteiger partial charge on any atom is 0.264 e. The third-order valence-electron chi connectivity index (χ3n) is 5.89. The number of piperidine rings is 1. The van der Waals surface area contributed by atoms with Crippen LogP contribution in [0.3, 0.4) is 0 Å². The molecule has 0 atom stereocenters. The molecule has 3 aromatic rings. The van der Waals surface area contributed by atoms with Crippen LogP contribution in [0.25, 0.3) is 10.9 Å². The van der Waals surface area contributed by atoms with Crippen LogP contribution in [0.2, 0.25) is 0 Å². The van der Waals surface area contributed by atoms with Crippen LogP contribution in [0, 0.1) is 0 Å². The van der Waals surface area contributed by atoms with Crippen LogP contribution in [0.5, 0.6) is 5.75 Å². The van der Waals surface area contributed by atoms with Gasteiger partial charge in [-0.25, -0.2) is 4.98 Å². The number of fused-ring (bicyclic) bond motifs is 2. The summed E-state index contributed by atoms with van der Waals surface area (Å²) in [5.41, 5.74) is 3.05. The van der Waals surface area contributed by atoms with Crippen LogP contribution in [-0.2, 0) is 11.2 Å². The molecule has 2 aromatic carbocycles. The summed E-state index contributed by atoms with van der Waals surface area (Å²) in [6, 6.07) is 18.2. The van der Waals surface area contributed by atoms with Gasteiger partial charge in [-0.2, -0.15) is 0 Å². The molecule has 0 unspecified atom stereocenters. The van der Waals surface area contributed by atoms with Gasteiger partial charge in [0, 0.05) is 30.7 Å². The predicted molar refractivity (Wildman–Crippen MR) is 116 cm³/mol. The molecule has 5 nitrogen and oxygen atoms in total. The highest BCUT2D eigenvalue weighted by Gasteiger charge is 2.24. The fourth-order valence-corrected chi connectivity index (χ4v) is 4.34. The molecule has 0 saturated carbocycles. The number of benzene rings is 2. The summed E-state index contributed by atoms with van der Waals surface area (Å²) in [6.07, 6.45) is 4.62. The van der Waals surface area contributed by atoms with Crippen molar-refractivity contribution in [2.45, 2.75) is 25.7 Å². The zero-order valence-corrected chi connectivity index (χ0v) is 16.5. The maximum atomic E-state index is 12.8. The molecule has 1 amide bonds. The van der Waals surface area contributed by atoms with E-state index in [4.69, 9.17) is 9.72 Å². The monoisotopic (exact) mass is 387 g/mol. The third-order valence-corrected chi connectivity index (χ3v) is 5.89. The van der Waals surface area contributed by atoms with E-state index in [-0.39, 0.29) is 12.5 Å². The highest BCUT2D eigenvalue weighted by Crippen LogP contribution is 2.29. The molecule has 148 valence electrons. The first-order valence-electron chi connectivity index (χ1n) is 10.5. The number of nitrogens with zero attached hydrogens (tertiary/aromatic N) is 3. The molecule has 0 bridgehead atoms. The topological polar surface area (TPSA) is 45.7 Å². The maximum absolute atomic E-state index is 12.8. The van der Waals surface area contributed by atoms with Crippen LogP contribution in [0.4, 0.5) is 11.5 Å². The fourth-order valence-electron chi connectivity index (χ4n) is 4.34. The Bertz CT molecular complexity index is 1040. The van der Waals surface area contributed by atoms with Crippen molar-refractivity contribution in [3.63, 3.8) is 0 Å². The Morgan fingerprint density at radius 1 is 0.931 bits per heavy atom. The lowest BCUT2D eigenvalue weighted by Gasteiger charge is -2.28. The van der Waals surface area contributed by atoms with Gasteiger partial charge in [0.2, 0.25) is 0 Å². The largest absolute Gasteiger partial charge is 0.481 e. The van der Waals surface area contributed by atoms with E-state index in [0.717, 1.165) is 41.9 Å². The van der Waals surface area contributed by atoms with Crippen LogP contribution >= 0.6 is 0 Å². The number of aromatic nitrogens is 1. The molecular formula is C24H25N3O2. The number of pyridine rings is 1. The summed E-state index contributed by atoms with van der Waals surface area (Å²) in [5.74, 6) is 1.65. The van der Waals surface area contributed by atoms with Crippen LogP contribution in [0.15, 0.2) is 54.6 Å². The van der Waals surface area contributed by atoms with E-state index in [0.29, 0.717) is 12.3 Å². The number of carbonyl (C=O) groups excluding carboxylic acids is 1. The second-order valence-electron chi connectivity index (χ2n) is 7.76. The fraction of sp³-hybridized carbons (Fsp3) is 0.333. The zero-order chi connectivity index (χ0) is 19.6. The van der Waals surface area contributed by atoms with Crippen LogP contribution in [0.1, 0.15) is 24.8 Å². The number of rotatable bonds is 4. The Labute approximate surface area is 170 Å². The van der Waals surface area contributed by atoms with E-state index in [2.05, 4.69) is 23.1 Å². The number of amides is 1. The Balaban J connectivity index is 1.35. The smallest absolute Gasteiger partial charge is 0.264 e. The summed E-state index contributed by atoms with van der Waals surface area (Å²) >= 11 is 0. The van der Waals surface area contributed by atoms with Crippen molar-refractivity contribution in [3.05, 3.63) is 60.2 Å². The van der Waals surface area contributed by atoms with Crippen molar-refractivity contribution in [1.82, 2.24) is 4.98 Å². The summed E-state index contributed by atoms with van der Waals surface area (Å²) in [6.45, 7) is 2.83. The van der Waals surface area contributed by atoms with E-state index >= 15 is 0 Å². The normalized spacial score (nSPS) is 16.1. The van der Waals surface area contributed by atoms with Crippen molar-refractivity contribution in [2.75, 3.05) is 36.0 Å². The second kappa shape index (κ2) is 7.74. The van der Waals surface area contributed by atoms with Gasteiger partial charge in [-0.15, -0.1) is 0 Å². The Morgan fingerprint density at radius 3 is 2.69 bits per heavy atom. The zero-order valence-electron chi connectivity index (χ0n) is 16.5. The van der Waals surface area contributed by atoms with E-state index in [1.165, 1.54) is 24.8 Å². The highest BCUT2D eigenvalue weighted by molar-refractivity contribution is 5.96. The molecule has 2 aliphatic heterocycles. The minimum atomic E-state index is -0.0147. The van der Waals surface area contributed by atoms with Crippen LogP contribution in [-0.4, -0.2) is 37.1 Å². The standard InChI is InChI=1S/C24H25N3O2/c28-23(27-16-13-18-7-2-3-9-20(18)27)17-29-21-10-6-8-19-11-12-22(25-24(19)21)26-14-4-1-5-15-26/h2-3,6-12H,1,4-5,13-17H2. The lowest BCUT2D eigenvalue weighted by Crippen LogP contribution is -2.33. The molecule has 1 saturated heterocycles. The molecule has 0 aliphatic carbocycles. The van der Waals surface area contributed by atoms with Crippen molar-refractivity contribution in [2.24, 2.45) is 0 Å². The number of carbonyl (C=O) groups is 1. The minimum Gasteiger partial charge on any atom is -0.481 e. The number of hydrogen-bond donors (Lipinski definition) is 0. The Morgan fingerprint density at radius 2 is 1.79 bits per heavy atom. The molecule has 1 fully saturated rings. The van der Waals surface area contributed by atoms with Gasteiger partial charge >= 0.3 is 0 Å². The predicted octanol–water partition coefficient (Wildman–Crippen LogP) is 4.19. The van der Waals surface area contributed by atoms with Gasteiger partial charge in [-0.05, 0) is 55.5 Å². The molecule has 29 heavy (non-hydrogen) atoms. The molecule has 3 heterocycles. The molecule has 1 aromatic heterocycles. The molecule has 0 spiro atoms. The number of para-hydroxylation sites is 2. The quantitative estimate of drug-likeness (QED) is 0.673. The highest BCUT2D eigenvalue weighted by atomic mass is 16.5. The van der Waals surface area contributed by atoms with Gasteiger partial charge in [0.25, 0.3) is 5.91 Å². The third kappa shape index (κ3) is 3.53. The molecule has 5 heteroatoms. The summed E-state index contributed by atoms with van der Waals surface area (Å²) in [7, 11) is 0. The number of anilines is 2. The van der Waals surface area contributed by atoms with Gasteiger partial charge in [0.15, 0.2) is 6.61 Å². The molecule has 2 aliphatic rings.